The Morgan fingerprint density at radius 1 is 1.21 bits per heavy atom. The van der Waals surface area contributed by atoms with Gasteiger partial charge < -0.3 is 20.5 Å². The van der Waals surface area contributed by atoms with E-state index in [2.05, 4.69) is 5.32 Å². The highest BCUT2D eigenvalue weighted by molar-refractivity contribution is 8.00. The predicted molar refractivity (Wildman–Crippen MR) is 108 cm³/mol. The molecule has 29 heavy (non-hydrogen) atoms. The Kier molecular flexibility index (Phi) is 8.23. The van der Waals surface area contributed by atoms with Gasteiger partial charge in [0, 0.05) is 11.0 Å². The molecule has 0 spiro atoms. The van der Waals surface area contributed by atoms with Gasteiger partial charge in [0.2, 0.25) is 5.91 Å². The Morgan fingerprint density at radius 2 is 1.97 bits per heavy atom. The molecule has 2 aromatic rings. The molecule has 0 heterocycles. The molecule has 7 nitrogen and oxygen atoms in total. The van der Waals surface area contributed by atoms with Crippen LogP contribution in [0.1, 0.15) is 5.56 Å². The van der Waals surface area contributed by atoms with Crippen molar-refractivity contribution < 1.29 is 28.2 Å². The highest BCUT2D eigenvalue weighted by Crippen LogP contribution is 2.26. The van der Waals surface area contributed by atoms with E-state index in [9.17, 15) is 18.8 Å². The Labute approximate surface area is 171 Å². The zero-order valence-electron chi connectivity index (χ0n) is 15.5. The van der Waals surface area contributed by atoms with Crippen molar-refractivity contribution in [2.75, 3.05) is 24.8 Å². The van der Waals surface area contributed by atoms with Crippen LogP contribution in [0.3, 0.4) is 0 Å². The maximum absolute atomic E-state index is 13.6. The van der Waals surface area contributed by atoms with Gasteiger partial charge in [0.25, 0.3) is 5.91 Å². The number of primary amides is 1. The van der Waals surface area contributed by atoms with E-state index in [1.54, 1.807) is 30.3 Å². The van der Waals surface area contributed by atoms with Gasteiger partial charge in [-0.05, 0) is 35.9 Å². The lowest BCUT2D eigenvalue weighted by atomic mass is 10.2. The van der Waals surface area contributed by atoms with Crippen molar-refractivity contribution >= 4 is 41.3 Å². The van der Waals surface area contributed by atoms with E-state index < -0.39 is 30.2 Å². The zero-order valence-corrected chi connectivity index (χ0v) is 16.3. The minimum atomic E-state index is -0.757. The lowest BCUT2D eigenvalue weighted by molar-refractivity contribution is -0.142. The largest absolute Gasteiger partial charge is 0.494 e. The summed E-state index contributed by atoms with van der Waals surface area (Å²) in [4.78, 5) is 35.4. The van der Waals surface area contributed by atoms with Crippen LogP contribution < -0.4 is 15.8 Å². The van der Waals surface area contributed by atoms with E-state index in [1.807, 2.05) is 0 Å². The molecule has 2 amide bonds. The second-order valence-electron chi connectivity index (χ2n) is 5.63. The highest BCUT2D eigenvalue weighted by atomic mass is 32.2. The van der Waals surface area contributed by atoms with Crippen molar-refractivity contribution in [1.29, 1.82) is 0 Å². The van der Waals surface area contributed by atoms with Crippen LogP contribution >= 0.6 is 11.8 Å². The second kappa shape index (κ2) is 10.9. The van der Waals surface area contributed by atoms with Crippen LogP contribution in [0.25, 0.3) is 6.08 Å². The molecule has 152 valence electrons. The summed E-state index contributed by atoms with van der Waals surface area (Å²) in [5.74, 6) is -2.18. The number of nitrogens with two attached hydrogens (primary N) is 1. The number of carbonyl (C=O) groups is 3. The van der Waals surface area contributed by atoms with Gasteiger partial charge in [-0.15, -0.1) is 11.8 Å². The summed E-state index contributed by atoms with van der Waals surface area (Å²) in [5, 5.41) is 2.61. The lowest BCUT2D eigenvalue weighted by Crippen LogP contribution is -2.20. The highest BCUT2D eigenvalue weighted by Gasteiger charge is 2.10. The fourth-order valence-electron chi connectivity index (χ4n) is 2.17. The van der Waals surface area contributed by atoms with Crippen LogP contribution in [0.15, 0.2) is 53.4 Å². The number of benzene rings is 2. The monoisotopic (exact) mass is 418 g/mol. The Bertz CT molecular complexity index is 933. The van der Waals surface area contributed by atoms with Gasteiger partial charge >= 0.3 is 5.97 Å². The van der Waals surface area contributed by atoms with E-state index in [-0.39, 0.29) is 11.5 Å². The van der Waals surface area contributed by atoms with E-state index in [4.69, 9.17) is 15.2 Å². The number of methoxy groups -OCH3 is 1. The topological polar surface area (TPSA) is 108 Å². The number of rotatable bonds is 9. The molecule has 2 rings (SSSR count). The molecule has 0 saturated heterocycles. The summed E-state index contributed by atoms with van der Waals surface area (Å²) in [7, 11) is 1.35. The third-order valence-corrected chi connectivity index (χ3v) is 4.56. The van der Waals surface area contributed by atoms with Gasteiger partial charge in [-0.25, -0.2) is 9.18 Å². The first-order valence-electron chi connectivity index (χ1n) is 8.37. The van der Waals surface area contributed by atoms with Crippen molar-refractivity contribution in [3.63, 3.8) is 0 Å². The summed E-state index contributed by atoms with van der Waals surface area (Å²) < 4.78 is 23.3. The predicted octanol–water partition coefficient (Wildman–Crippen LogP) is 2.61. The summed E-state index contributed by atoms with van der Waals surface area (Å²) in [5.41, 5.74) is 6.04. The van der Waals surface area contributed by atoms with Crippen LogP contribution in [0.2, 0.25) is 0 Å². The van der Waals surface area contributed by atoms with E-state index in [0.29, 0.717) is 16.1 Å². The maximum Gasteiger partial charge on any atom is 0.331 e. The van der Waals surface area contributed by atoms with Gasteiger partial charge in [0.15, 0.2) is 18.2 Å². The first-order chi connectivity index (χ1) is 13.9. The first-order valence-corrected chi connectivity index (χ1v) is 9.36. The molecule has 0 radical (unpaired) electrons. The van der Waals surface area contributed by atoms with Crippen LogP contribution in [-0.2, 0) is 19.1 Å². The summed E-state index contributed by atoms with van der Waals surface area (Å²) in [6.07, 6.45) is 2.45. The van der Waals surface area contributed by atoms with Gasteiger partial charge in [-0.1, -0.05) is 18.2 Å². The van der Waals surface area contributed by atoms with Crippen molar-refractivity contribution in [3.05, 3.63) is 59.9 Å². The fraction of sp³-hybridized carbons (Fsp3) is 0.150. The van der Waals surface area contributed by atoms with Crippen LogP contribution in [0.5, 0.6) is 5.75 Å². The maximum atomic E-state index is 13.6. The molecular weight excluding hydrogens is 399 g/mol. The van der Waals surface area contributed by atoms with Crippen molar-refractivity contribution in [3.8, 4) is 5.75 Å². The Hall–Kier alpha value is -3.33. The minimum Gasteiger partial charge on any atom is -0.494 e. The SMILES string of the molecule is COc1ccc(/C=C/C(=O)OCC(=O)Nc2ccccc2SCC(N)=O)cc1F. The van der Waals surface area contributed by atoms with Crippen LogP contribution in [0, 0.1) is 5.82 Å². The number of ether oxygens (including phenoxy) is 2. The van der Waals surface area contributed by atoms with Gasteiger partial charge in [-0.2, -0.15) is 0 Å². The van der Waals surface area contributed by atoms with E-state index >= 15 is 0 Å². The number of halogens is 1. The minimum absolute atomic E-state index is 0.0681. The molecule has 0 aliphatic rings. The molecule has 0 bridgehead atoms. The van der Waals surface area contributed by atoms with Crippen LogP contribution in [-0.4, -0.2) is 37.3 Å². The Balaban J connectivity index is 1.87. The molecule has 3 N–H and O–H groups in total. The first kappa shape index (κ1) is 22.0. The average molecular weight is 418 g/mol. The molecule has 0 atom stereocenters. The normalized spacial score (nSPS) is 10.6. The molecule has 0 unspecified atom stereocenters. The molecular formula is C20H19FN2O5S. The fourth-order valence-corrected chi connectivity index (χ4v) is 2.91. The number of anilines is 1. The molecule has 0 fully saturated rings. The molecule has 0 aromatic heterocycles. The summed E-state index contributed by atoms with van der Waals surface area (Å²) in [6, 6.07) is 11.1. The van der Waals surface area contributed by atoms with E-state index in [1.165, 1.54) is 37.1 Å². The molecule has 9 heteroatoms. The number of hydrogen-bond acceptors (Lipinski definition) is 6. The Morgan fingerprint density at radius 3 is 2.66 bits per heavy atom. The number of carbonyl (C=O) groups excluding carboxylic acids is 3. The lowest BCUT2D eigenvalue weighted by Gasteiger charge is -2.10. The molecule has 0 aliphatic heterocycles. The van der Waals surface area contributed by atoms with Crippen molar-refractivity contribution in [1.82, 2.24) is 0 Å². The summed E-state index contributed by atoms with van der Waals surface area (Å²) in [6.45, 7) is -0.505. The molecule has 0 aliphatic carbocycles. The van der Waals surface area contributed by atoms with E-state index in [0.717, 1.165) is 6.08 Å². The van der Waals surface area contributed by atoms with Crippen molar-refractivity contribution in [2.24, 2.45) is 5.73 Å². The number of esters is 1. The van der Waals surface area contributed by atoms with Gasteiger partial charge in [-0.3, -0.25) is 9.59 Å². The summed E-state index contributed by atoms with van der Waals surface area (Å²) >= 11 is 1.18. The zero-order chi connectivity index (χ0) is 21.2. The number of para-hydroxylation sites is 1. The third-order valence-electron chi connectivity index (χ3n) is 3.46. The van der Waals surface area contributed by atoms with Gasteiger partial charge in [0.05, 0.1) is 18.6 Å². The number of nitrogens with one attached hydrogen (secondary N) is 1. The van der Waals surface area contributed by atoms with Crippen LogP contribution in [0.4, 0.5) is 10.1 Å². The standard InChI is InChI=1S/C20H19FN2O5S/c1-27-16-8-6-13(10-14(16)21)7-9-20(26)28-11-19(25)23-15-4-2-3-5-17(15)29-12-18(22)24/h2-10H,11-12H2,1H3,(H2,22,24)(H,23,25)/b9-7+. The van der Waals surface area contributed by atoms with Crippen molar-refractivity contribution in [2.45, 2.75) is 4.90 Å². The third kappa shape index (κ3) is 7.30. The smallest absolute Gasteiger partial charge is 0.331 e. The quantitative estimate of drug-likeness (QED) is 0.368. The average Bonchev–Trinajstić information content (AvgIpc) is 2.70. The second-order valence-corrected chi connectivity index (χ2v) is 6.65. The molecule has 0 saturated carbocycles. The molecule has 2 aromatic carbocycles. The number of hydrogen-bond donors (Lipinski definition) is 2. The van der Waals surface area contributed by atoms with Gasteiger partial charge in [0.1, 0.15) is 0 Å². The number of amides is 2. The number of thioether (sulfide) groups is 1.